The molecule has 1 amide bonds. The van der Waals surface area contributed by atoms with Gasteiger partial charge in [-0.2, -0.15) is 0 Å². The average molecular weight is 502 g/mol. The fourth-order valence-electron chi connectivity index (χ4n) is 3.80. The summed E-state index contributed by atoms with van der Waals surface area (Å²) in [6, 6.07) is 11.5. The Balaban J connectivity index is 1.78. The fourth-order valence-corrected chi connectivity index (χ4v) is 5.11. The van der Waals surface area contributed by atoms with Gasteiger partial charge in [-0.1, -0.05) is 42.3 Å². The van der Waals surface area contributed by atoms with Gasteiger partial charge >= 0.3 is 0 Å². The summed E-state index contributed by atoms with van der Waals surface area (Å²) < 4.78 is 6.70. The molecule has 4 aromatic rings. The Morgan fingerprint density at radius 3 is 2.55 bits per heavy atom. The lowest BCUT2D eigenvalue weighted by Crippen LogP contribution is -2.33. The number of carbonyl (C=O) groups is 1. The molecule has 2 aromatic heterocycles. The molecule has 0 fully saturated rings. The molecule has 33 heavy (non-hydrogen) atoms. The summed E-state index contributed by atoms with van der Waals surface area (Å²) in [6.07, 6.45) is 1.83. The Kier molecular flexibility index (Phi) is 6.74. The lowest BCUT2D eigenvalue weighted by Gasteiger charge is -2.19. The second-order valence-electron chi connectivity index (χ2n) is 7.44. The number of rotatable bonds is 6. The summed E-state index contributed by atoms with van der Waals surface area (Å²) in [6.45, 7) is 3.80. The van der Waals surface area contributed by atoms with Gasteiger partial charge in [0, 0.05) is 20.5 Å². The number of aromatic nitrogens is 2. The number of hydrogen-bond acceptors (Lipinski definition) is 5. The topological polar surface area (TPSA) is 73.2 Å². The predicted molar refractivity (Wildman–Crippen MR) is 135 cm³/mol. The van der Waals surface area contributed by atoms with Crippen molar-refractivity contribution in [2.45, 2.75) is 26.3 Å². The lowest BCUT2D eigenvalue weighted by molar-refractivity contribution is -0.119. The Hall–Kier alpha value is -2.87. The van der Waals surface area contributed by atoms with Crippen molar-refractivity contribution in [2.75, 3.05) is 12.4 Å². The van der Waals surface area contributed by atoms with E-state index in [1.54, 1.807) is 30.3 Å². The van der Waals surface area contributed by atoms with Crippen molar-refractivity contribution in [2.24, 2.45) is 0 Å². The van der Waals surface area contributed by atoms with Crippen molar-refractivity contribution in [3.63, 3.8) is 0 Å². The highest BCUT2D eigenvalue weighted by Crippen LogP contribution is 2.36. The van der Waals surface area contributed by atoms with Gasteiger partial charge in [-0.3, -0.25) is 14.2 Å². The van der Waals surface area contributed by atoms with Crippen LogP contribution in [0, 0.1) is 6.92 Å². The minimum Gasteiger partial charge on any atom is -0.495 e. The third-order valence-corrected chi connectivity index (χ3v) is 6.89. The van der Waals surface area contributed by atoms with Gasteiger partial charge in [-0.25, -0.2) is 4.98 Å². The van der Waals surface area contributed by atoms with Crippen molar-refractivity contribution in [3.05, 3.63) is 74.1 Å². The van der Waals surface area contributed by atoms with Crippen LogP contribution in [-0.2, 0) is 4.79 Å². The molecule has 6 nitrogen and oxygen atoms in total. The van der Waals surface area contributed by atoms with Crippen molar-refractivity contribution >= 4 is 56.3 Å². The normalized spacial score (nSPS) is 12.0. The Morgan fingerprint density at radius 1 is 1.18 bits per heavy atom. The monoisotopic (exact) mass is 501 g/mol. The van der Waals surface area contributed by atoms with Crippen LogP contribution < -0.4 is 15.6 Å². The smallest absolute Gasteiger partial charge is 0.263 e. The summed E-state index contributed by atoms with van der Waals surface area (Å²) in [5, 5.41) is 4.41. The van der Waals surface area contributed by atoms with E-state index in [0.717, 1.165) is 16.0 Å². The average Bonchev–Trinajstić information content (AvgIpc) is 3.13. The van der Waals surface area contributed by atoms with Crippen molar-refractivity contribution in [1.82, 2.24) is 9.55 Å². The number of thiophene rings is 1. The van der Waals surface area contributed by atoms with Crippen LogP contribution in [-0.4, -0.2) is 22.6 Å². The first-order chi connectivity index (χ1) is 15.8. The second kappa shape index (κ2) is 9.55. The van der Waals surface area contributed by atoms with Gasteiger partial charge in [0.25, 0.3) is 5.56 Å². The van der Waals surface area contributed by atoms with E-state index in [0.29, 0.717) is 38.1 Å². The first-order valence-electron chi connectivity index (χ1n) is 10.2. The van der Waals surface area contributed by atoms with Crippen LogP contribution in [0.1, 0.15) is 24.3 Å². The number of ether oxygens (including phenoxy) is 1. The summed E-state index contributed by atoms with van der Waals surface area (Å²) in [5.74, 6) is 0.114. The van der Waals surface area contributed by atoms with Crippen LogP contribution in [0.5, 0.6) is 5.75 Å². The molecule has 2 heterocycles. The highest BCUT2D eigenvalue weighted by atomic mass is 35.5. The maximum atomic E-state index is 13.6. The highest BCUT2D eigenvalue weighted by molar-refractivity contribution is 7.19. The van der Waals surface area contributed by atoms with Crippen LogP contribution in [0.2, 0.25) is 10.0 Å². The number of nitrogens with zero attached hydrogens (tertiary/aromatic N) is 2. The van der Waals surface area contributed by atoms with Crippen LogP contribution >= 0.6 is 34.5 Å². The standard InChI is InChI=1S/C24H21Cl2N3O3S/c1-4-18(22(30)28-17-11-16(26)9-10-19(17)32-3)29-12-27-23-21(24(29)31)20(13(2)33-23)14-5-7-15(25)8-6-14/h5-12,18H,4H2,1-3H3,(H,28,30). The number of hydrogen-bond donors (Lipinski definition) is 1. The largest absolute Gasteiger partial charge is 0.495 e. The van der Waals surface area contributed by atoms with Crippen LogP contribution in [0.4, 0.5) is 5.69 Å². The Labute approximate surface area is 204 Å². The zero-order valence-corrected chi connectivity index (χ0v) is 20.5. The number of anilines is 1. The first-order valence-corrected chi connectivity index (χ1v) is 11.8. The van der Waals surface area contributed by atoms with Crippen LogP contribution in [0.3, 0.4) is 0 Å². The Morgan fingerprint density at radius 2 is 1.88 bits per heavy atom. The maximum Gasteiger partial charge on any atom is 0.263 e. The zero-order chi connectivity index (χ0) is 23.7. The molecule has 0 bridgehead atoms. The third kappa shape index (κ3) is 4.49. The fraction of sp³-hybridized carbons (Fsp3) is 0.208. The third-order valence-electron chi connectivity index (χ3n) is 5.39. The van der Waals surface area contributed by atoms with E-state index >= 15 is 0 Å². The number of nitrogens with one attached hydrogen (secondary N) is 1. The highest BCUT2D eigenvalue weighted by Gasteiger charge is 2.24. The second-order valence-corrected chi connectivity index (χ2v) is 9.51. The molecule has 1 N–H and O–H groups in total. The molecule has 0 saturated heterocycles. The van der Waals surface area contributed by atoms with E-state index in [-0.39, 0.29) is 11.5 Å². The number of benzene rings is 2. The van der Waals surface area contributed by atoms with Crippen LogP contribution in [0.25, 0.3) is 21.3 Å². The first kappa shape index (κ1) is 23.3. The van der Waals surface area contributed by atoms with Crippen molar-refractivity contribution in [1.29, 1.82) is 0 Å². The molecule has 4 rings (SSSR count). The van der Waals surface area contributed by atoms with Crippen molar-refractivity contribution in [3.8, 4) is 16.9 Å². The minimum atomic E-state index is -0.767. The van der Waals surface area contributed by atoms with Crippen LogP contribution in [0.15, 0.2) is 53.6 Å². The van der Waals surface area contributed by atoms with E-state index in [2.05, 4.69) is 10.3 Å². The van der Waals surface area contributed by atoms with Gasteiger partial charge in [0.05, 0.1) is 24.5 Å². The van der Waals surface area contributed by atoms with E-state index in [1.165, 1.54) is 29.3 Å². The molecule has 1 unspecified atom stereocenters. The molecule has 0 saturated carbocycles. The summed E-state index contributed by atoms with van der Waals surface area (Å²) in [7, 11) is 1.51. The molecule has 2 aromatic carbocycles. The molecule has 1 atom stereocenters. The van der Waals surface area contributed by atoms with Gasteiger partial charge < -0.3 is 10.1 Å². The number of aryl methyl sites for hydroxylation is 1. The number of carbonyl (C=O) groups excluding carboxylic acids is 1. The van der Waals surface area contributed by atoms with Gasteiger partial charge in [0.2, 0.25) is 5.91 Å². The minimum absolute atomic E-state index is 0.269. The van der Waals surface area contributed by atoms with E-state index in [9.17, 15) is 9.59 Å². The molecule has 0 aliphatic carbocycles. The molecular formula is C24H21Cl2N3O3S. The molecule has 170 valence electrons. The SMILES string of the molecule is CCC(C(=O)Nc1cc(Cl)ccc1OC)n1cnc2sc(C)c(-c3ccc(Cl)cc3)c2c1=O. The lowest BCUT2D eigenvalue weighted by atomic mass is 10.0. The molecule has 0 radical (unpaired) electrons. The van der Waals surface area contributed by atoms with E-state index < -0.39 is 6.04 Å². The number of halogens is 2. The van der Waals surface area contributed by atoms with Gasteiger partial charge in [0.1, 0.15) is 16.6 Å². The zero-order valence-electron chi connectivity index (χ0n) is 18.2. The molecule has 0 aliphatic rings. The predicted octanol–water partition coefficient (Wildman–Crippen LogP) is 6.34. The van der Waals surface area contributed by atoms with E-state index in [1.807, 2.05) is 26.0 Å². The van der Waals surface area contributed by atoms with Gasteiger partial charge in [0.15, 0.2) is 0 Å². The molecular weight excluding hydrogens is 481 g/mol. The summed E-state index contributed by atoms with van der Waals surface area (Å²) in [4.78, 5) is 32.9. The van der Waals surface area contributed by atoms with Gasteiger partial charge in [-0.05, 0) is 49.2 Å². The summed E-state index contributed by atoms with van der Waals surface area (Å²) in [5.41, 5.74) is 1.85. The maximum absolute atomic E-state index is 13.6. The molecule has 0 spiro atoms. The number of amides is 1. The molecule has 9 heteroatoms. The molecule has 0 aliphatic heterocycles. The van der Waals surface area contributed by atoms with Gasteiger partial charge in [-0.15, -0.1) is 11.3 Å². The van der Waals surface area contributed by atoms with E-state index in [4.69, 9.17) is 27.9 Å². The summed E-state index contributed by atoms with van der Waals surface area (Å²) >= 11 is 13.6. The van der Waals surface area contributed by atoms with Crippen molar-refractivity contribution < 1.29 is 9.53 Å². The Bertz CT molecular complexity index is 1400. The number of methoxy groups -OCH3 is 1. The number of fused-ring (bicyclic) bond motifs is 1. The quantitative estimate of drug-likeness (QED) is 0.334.